The van der Waals surface area contributed by atoms with Crippen molar-refractivity contribution in [3.8, 4) is 0 Å². The third kappa shape index (κ3) is 5.37. The molecule has 9 heteroatoms. The van der Waals surface area contributed by atoms with E-state index in [2.05, 4.69) is 16.0 Å². The van der Waals surface area contributed by atoms with Crippen molar-refractivity contribution < 1.29 is 19.2 Å². The first-order valence-electron chi connectivity index (χ1n) is 12.5. The van der Waals surface area contributed by atoms with E-state index in [1.54, 1.807) is 29.7 Å². The molecule has 196 valence electrons. The first kappa shape index (κ1) is 26.7. The third-order valence-corrected chi connectivity index (χ3v) is 8.39. The van der Waals surface area contributed by atoms with Crippen LogP contribution in [0.1, 0.15) is 61.5 Å². The van der Waals surface area contributed by atoms with Crippen molar-refractivity contribution in [3.05, 3.63) is 71.3 Å². The van der Waals surface area contributed by atoms with E-state index in [4.69, 9.17) is 0 Å². The van der Waals surface area contributed by atoms with Gasteiger partial charge in [-0.25, -0.2) is 0 Å². The molecule has 1 saturated heterocycles. The Kier molecular flexibility index (Phi) is 7.64. The summed E-state index contributed by atoms with van der Waals surface area (Å²) in [7, 11) is 0. The van der Waals surface area contributed by atoms with Crippen LogP contribution in [0, 0.1) is 5.92 Å². The third-order valence-electron chi connectivity index (χ3n) is 6.85. The second kappa shape index (κ2) is 10.6. The highest BCUT2D eigenvalue weighted by atomic mass is 32.2. The Hall–Kier alpha value is -3.33. The molecular formula is C28H34N4O4S. The molecule has 4 atom stereocenters. The summed E-state index contributed by atoms with van der Waals surface area (Å²) in [6.07, 6.45) is 0. The number of hydrogen-bond donors (Lipinski definition) is 3. The number of hydrogen-bond acceptors (Lipinski definition) is 5. The fourth-order valence-electron chi connectivity index (χ4n) is 4.87. The standard InChI is InChI=1S/C28H34N4O4S/c1-16(2)21(24(34)29-15-18-11-7-6-8-12-18)31-23(33)17(3)30-25(35)22-28(4,5)37-27-20-14-10-9-13-19(20)26(36)32(22)27/h6-14,16-17,21-22,27H,15H2,1-5H3,(H,29,34)(H,30,35)(H,31,33). The van der Waals surface area contributed by atoms with Gasteiger partial charge in [-0.3, -0.25) is 19.2 Å². The van der Waals surface area contributed by atoms with E-state index < -0.39 is 34.7 Å². The molecule has 0 bridgehead atoms. The Labute approximate surface area is 221 Å². The van der Waals surface area contributed by atoms with Crippen LogP contribution in [-0.4, -0.2) is 51.4 Å². The van der Waals surface area contributed by atoms with E-state index in [0.29, 0.717) is 12.1 Å². The van der Waals surface area contributed by atoms with E-state index in [1.807, 2.05) is 76.2 Å². The van der Waals surface area contributed by atoms with Crippen molar-refractivity contribution in [3.63, 3.8) is 0 Å². The van der Waals surface area contributed by atoms with Gasteiger partial charge in [0.15, 0.2) is 0 Å². The maximum Gasteiger partial charge on any atom is 0.256 e. The fourth-order valence-corrected chi connectivity index (χ4v) is 6.46. The number of carbonyl (C=O) groups excluding carboxylic acids is 4. The summed E-state index contributed by atoms with van der Waals surface area (Å²) in [5, 5.41) is 8.21. The fraction of sp³-hybridized carbons (Fsp3) is 0.429. The zero-order valence-corrected chi connectivity index (χ0v) is 22.6. The van der Waals surface area contributed by atoms with E-state index >= 15 is 0 Å². The van der Waals surface area contributed by atoms with E-state index in [1.165, 1.54) is 0 Å². The molecule has 37 heavy (non-hydrogen) atoms. The van der Waals surface area contributed by atoms with Gasteiger partial charge in [0.2, 0.25) is 17.7 Å². The summed E-state index contributed by atoms with van der Waals surface area (Å²) >= 11 is 1.57. The Bertz CT molecular complexity index is 1200. The van der Waals surface area contributed by atoms with Crippen molar-refractivity contribution in [1.29, 1.82) is 0 Å². The molecule has 2 aliphatic heterocycles. The second-order valence-corrected chi connectivity index (χ2v) is 12.2. The molecule has 0 aliphatic carbocycles. The smallest absolute Gasteiger partial charge is 0.256 e. The van der Waals surface area contributed by atoms with Crippen molar-refractivity contribution in [2.45, 2.75) is 69.4 Å². The van der Waals surface area contributed by atoms with Gasteiger partial charge in [-0.15, -0.1) is 11.8 Å². The summed E-state index contributed by atoms with van der Waals surface area (Å²) in [4.78, 5) is 54.1. The second-order valence-electron chi connectivity index (χ2n) is 10.4. The van der Waals surface area contributed by atoms with Gasteiger partial charge < -0.3 is 20.9 Å². The number of fused-ring (bicyclic) bond motifs is 3. The molecule has 0 radical (unpaired) electrons. The average molecular weight is 523 g/mol. The first-order valence-corrected chi connectivity index (χ1v) is 13.4. The Morgan fingerprint density at radius 1 is 0.946 bits per heavy atom. The Balaban J connectivity index is 1.40. The van der Waals surface area contributed by atoms with Gasteiger partial charge in [0.25, 0.3) is 5.91 Å². The van der Waals surface area contributed by atoms with E-state index in [0.717, 1.165) is 11.1 Å². The lowest BCUT2D eigenvalue weighted by molar-refractivity contribution is -0.133. The predicted molar refractivity (Wildman–Crippen MR) is 143 cm³/mol. The molecule has 4 unspecified atom stereocenters. The summed E-state index contributed by atoms with van der Waals surface area (Å²) < 4.78 is -0.550. The quantitative estimate of drug-likeness (QED) is 0.494. The SMILES string of the molecule is CC(NC(=O)C1N2C(=O)c3ccccc3C2SC1(C)C)C(=O)NC(C(=O)NCc1ccccc1)C(C)C. The van der Waals surface area contributed by atoms with Gasteiger partial charge in [-0.05, 0) is 43.9 Å². The number of thioether (sulfide) groups is 1. The predicted octanol–water partition coefficient (Wildman–Crippen LogP) is 3.00. The minimum atomic E-state index is -0.893. The molecule has 8 nitrogen and oxygen atoms in total. The molecule has 2 aromatic carbocycles. The lowest BCUT2D eigenvalue weighted by Gasteiger charge is -2.31. The molecular weight excluding hydrogens is 488 g/mol. The average Bonchev–Trinajstić information content (AvgIpc) is 3.29. The molecule has 3 N–H and O–H groups in total. The van der Waals surface area contributed by atoms with Crippen LogP contribution >= 0.6 is 11.8 Å². The summed E-state index contributed by atoms with van der Waals surface area (Å²) in [5.41, 5.74) is 2.48. The highest BCUT2D eigenvalue weighted by Gasteiger charge is 2.57. The van der Waals surface area contributed by atoms with Crippen molar-refractivity contribution in [2.75, 3.05) is 0 Å². The zero-order chi connectivity index (χ0) is 26.9. The molecule has 4 rings (SSSR count). The monoisotopic (exact) mass is 522 g/mol. The number of amides is 4. The van der Waals surface area contributed by atoms with Crippen molar-refractivity contribution in [1.82, 2.24) is 20.9 Å². The van der Waals surface area contributed by atoms with Crippen molar-refractivity contribution in [2.24, 2.45) is 5.92 Å². The highest BCUT2D eigenvalue weighted by molar-refractivity contribution is 8.01. The van der Waals surface area contributed by atoms with E-state index in [-0.39, 0.29) is 23.1 Å². The van der Waals surface area contributed by atoms with Gasteiger partial charge in [0.05, 0.1) is 0 Å². The number of carbonyl (C=O) groups is 4. The molecule has 2 heterocycles. The minimum Gasteiger partial charge on any atom is -0.350 e. The van der Waals surface area contributed by atoms with Gasteiger partial charge in [-0.1, -0.05) is 62.4 Å². The largest absolute Gasteiger partial charge is 0.350 e. The molecule has 0 saturated carbocycles. The van der Waals surface area contributed by atoms with E-state index in [9.17, 15) is 19.2 Å². The van der Waals surface area contributed by atoms with Crippen LogP contribution in [0.5, 0.6) is 0 Å². The highest BCUT2D eigenvalue weighted by Crippen LogP contribution is 2.56. The number of rotatable bonds is 8. The van der Waals surface area contributed by atoms with Crippen LogP contribution < -0.4 is 16.0 Å². The van der Waals surface area contributed by atoms with Crippen LogP contribution in [0.15, 0.2) is 54.6 Å². The normalized spacial score (nSPS) is 21.1. The Morgan fingerprint density at radius 2 is 1.59 bits per heavy atom. The van der Waals surface area contributed by atoms with Gasteiger partial charge in [0.1, 0.15) is 23.5 Å². The Morgan fingerprint density at radius 3 is 2.27 bits per heavy atom. The summed E-state index contributed by atoms with van der Waals surface area (Å²) in [6.45, 7) is 9.52. The number of nitrogens with zero attached hydrogens (tertiary/aromatic N) is 1. The van der Waals surface area contributed by atoms with Crippen LogP contribution in [-0.2, 0) is 20.9 Å². The minimum absolute atomic E-state index is 0.158. The number of benzene rings is 2. The molecule has 2 aromatic rings. The summed E-state index contributed by atoms with van der Waals surface area (Å²) in [6, 6.07) is 14.5. The topological polar surface area (TPSA) is 108 Å². The number of nitrogens with one attached hydrogen (secondary N) is 3. The van der Waals surface area contributed by atoms with Crippen molar-refractivity contribution >= 4 is 35.4 Å². The molecule has 4 amide bonds. The van der Waals surface area contributed by atoms with Gasteiger partial charge in [-0.2, -0.15) is 0 Å². The molecule has 1 fully saturated rings. The molecule has 0 aromatic heterocycles. The first-order chi connectivity index (χ1) is 17.5. The molecule has 0 spiro atoms. The maximum absolute atomic E-state index is 13.5. The maximum atomic E-state index is 13.5. The van der Waals surface area contributed by atoms with Crippen LogP contribution in [0.2, 0.25) is 0 Å². The summed E-state index contributed by atoms with van der Waals surface area (Å²) in [5.74, 6) is -1.47. The van der Waals surface area contributed by atoms with Crippen LogP contribution in [0.3, 0.4) is 0 Å². The lowest BCUT2D eigenvalue weighted by Crippen LogP contribution is -2.58. The van der Waals surface area contributed by atoms with Crippen LogP contribution in [0.25, 0.3) is 0 Å². The molecule has 2 aliphatic rings. The lowest BCUT2D eigenvalue weighted by atomic mass is 10.00. The van der Waals surface area contributed by atoms with Gasteiger partial charge in [0, 0.05) is 16.9 Å². The van der Waals surface area contributed by atoms with Crippen LogP contribution in [0.4, 0.5) is 0 Å². The zero-order valence-electron chi connectivity index (χ0n) is 21.8. The van der Waals surface area contributed by atoms with Gasteiger partial charge >= 0.3 is 0 Å².